The number of rotatable bonds is 4. The van der Waals surface area contributed by atoms with Gasteiger partial charge < -0.3 is 15.5 Å². The number of piperidine rings is 1. The highest BCUT2D eigenvalue weighted by Crippen LogP contribution is 2.30. The van der Waals surface area contributed by atoms with E-state index in [0.717, 1.165) is 24.7 Å². The number of likely N-dealkylation sites (tertiary alicyclic amines) is 1. The summed E-state index contributed by atoms with van der Waals surface area (Å²) in [5, 5.41) is 1.18. The van der Waals surface area contributed by atoms with Crippen molar-refractivity contribution in [3.63, 3.8) is 0 Å². The van der Waals surface area contributed by atoms with Crippen LogP contribution in [0.2, 0.25) is 0 Å². The Morgan fingerprint density at radius 1 is 1.20 bits per heavy atom. The van der Waals surface area contributed by atoms with Gasteiger partial charge in [-0.2, -0.15) is 0 Å². The van der Waals surface area contributed by atoms with E-state index >= 15 is 0 Å². The molecular formula is C15H26N4S. The van der Waals surface area contributed by atoms with E-state index in [1.165, 1.54) is 55.3 Å². The second-order valence-electron chi connectivity index (χ2n) is 6.15. The number of hydrogen-bond donors (Lipinski definition) is 1. The molecule has 0 atom stereocenters. The standard InChI is InChI=1S/C15H26N4S/c1-12-14(10-16)20-15(17-12)19-8-4-13(5-9-19)11-18-6-2-3-7-18/h13H,2-11,16H2,1H3. The fourth-order valence-corrected chi connectivity index (χ4v) is 4.37. The molecule has 0 spiro atoms. The summed E-state index contributed by atoms with van der Waals surface area (Å²) in [5.41, 5.74) is 6.87. The van der Waals surface area contributed by atoms with Crippen LogP contribution in [-0.2, 0) is 6.54 Å². The van der Waals surface area contributed by atoms with E-state index in [1.807, 2.05) is 0 Å². The van der Waals surface area contributed by atoms with E-state index in [2.05, 4.69) is 21.7 Å². The Kier molecular flexibility index (Phi) is 4.58. The topological polar surface area (TPSA) is 45.4 Å². The van der Waals surface area contributed by atoms with Crippen LogP contribution in [0.15, 0.2) is 0 Å². The molecule has 2 aliphatic heterocycles. The van der Waals surface area contributed by atoms with Gasteiger partial charge in [0.05, 0.1) is 5.69 Å². The van der Waals surface area contributed by atoms with Crippen molar-refractivity contribution in [1.82, 2.24) is 9.88 Å². The fourth-order valence-electron chi connectivity index (χ4n) is 3.37. The zero-order valence-corrected chi connectivity index (χ0v) is 13.3. The average molecular weight is 294 g/mol. The molecule has 0 aromatic carbocycles. The second-order valence-corrected chi connectivity index (χ2v) is 7.21. The lowest BCUT2D eigenvalue weighted by molar-refractivity contribution is 0.249. The highest BCUT2D eigenvalue weighted by Gasteiger charge is 2.24. The minimum atomic E-state index is 0.620. The van der Waals surface area contributed by atoms with Crippen molar-refractivity contribution in [1.29, 1.82) is 0 Å². The molecule has 0 bridgehead atoms. The minimum Gasteiger partial charge on any atom is -0.348 e. The second kappa shape index (κ2) is 6.41. The van der Waals surface area contributed by atoms with Gasteiger partial charge in [0.15, 0.2) is 5.13 Å². The molecule has 1 aromatic heterocycles. The summed E-state index contributed by atoms with van der Waals surface area (Å²) >= 11 is 1.78. The molecule has 4 nitrogen and oxygen atoms in total. The number of thiazole rings is 1. The van der Waals surface area contributed by atoms with Crippen LogP contribution in [0.1, 0.15) is 36.3 Å². The molecule has 2 saturated heterocycles. The van der Waals surface area contributed by atoms with Gasteiger partial charge in [-0.15, -0.1) is 11.3 Å². The fraction of sp³-hybridized carbons (Fsp3) is 0.800. The van der Waals surface area contributed by atoms with Gasteiger partial charge >= 0.3 is 0 Å². The summed E-state index contributed by atoms with van der Waals surface area (Å²) in [6.07, 6.45) is 5.43. The Morgan fingerprint density at radius 2 is 1.90 bits per heavy atom. The molecule has 0 aliphatic carbocycles. The number of nitrogens with zero attached hydrogens (tertiary/aromatic N) is 3. The van der Waals surface area contributed by atoms with E-state index in [4.69, 9.17) is 5.73 Å². The number of aromatic nitrogens is 1. The molecule has 3 rings (SSSR count). The third-order valence-corrected chi connectivity index (χ3v) is 5.91. The Balaban J connectivity index is 1.52. The highest BCUT2D eigenvalue weighted by atomic mass is 32.1. The molecule has 3 heterocycles. The molecule has 5 heteroatoms. The van der Waals surface area contributed by atoms with E-state index in [0.29, 0.717) is 6.54 Å². The lowest BCUT2D eigenvalue weighted by Crippen LogP contribution is -2.38. The van der Waals surface area contributed by atoms with Crippen molar-refractivity contribution in [2.75, 3.05) is 37.6 Å². The Labute approximate surface area is 126 Å². The number of hydrogen-bond acceptors (Lipinski definition) is 5. The summed E-state index contributed by atoms with van der Waals surface area (Å²) < 4.78 is 0. The third kappa shape index (κ3) is 3.15. The Bertz CT molecular complexity index is 431. The number of anilines is 1. The molecule has 2 N–H and O–H groups in total. The summed E-state index contributed by atoms with van der Waals surface area (Å²) in [5.74, 6) is 0.888. The van der Waals surface area contributed by atoms with Crippen LogP contribution in [-0.4, -0.2) is 42.6 Å². The van der Waals surface area contributed by atoms with Gasteiger partial charge in [0.25, 0.3) is 0 Å². The lowest BCUT2D eigenvalue weighted by atomic mass is 9.96. The first-order valence-electron chi connectivity index (χ1n) is 7.90. The van der Waals surface area contributed by atoms with Gasteiger partial charge in [0.1, 0.15) is 0 Å². The SMILES string of the molecule is Cc1nc(N2CCC(CN3CCCC3)CC2)sc1CN. The summed E-state index contributed by atoms with van der Waals surface area (Å²) in [6, 6.07) is 0. The zero-order valence-electron chi connectivity index (χ0n) is 12.5. The van der Waals surface area contributed by atoms with Gasteiger partial charge in [-0.05, 0) is 51.6 Å². The first-order valence-corrected chi connectivity index (χ1v) is 8.71. The predicted molar refractivity (Wildman–Crippen MR) is 85.4 cm³/mol. The summed E-state index contributed by atoms with van der Waals surface area (Å²) in [6.45, 7) is 8.98. The van der Waals surface area contributed by atoms with Crippen LogP contribution >= 0.6 is 11.3 Å². The van der Waals surface area contributed by atoms with Gasteiger partial charge in [-0.25, -0.2) is 4.98 Å². The molecule has 20 heavy (non-hydrogen) atoms. The Hall–Kier alpha value is -0.650. The van der Waals surface area contributed by atoms with Crippen molar-refractivity contribution in [3.8, 4) is 0 Å². The maximum Gasteiger partial charge on any atom is 0.185 e. The van der Waals surface area contributed by atoms with Crippen LogP contribution < -0.4 is 10.6 Å². The molecule has 1 aromatic rings. The molecule has 0 amide bonds. The van der Waals surface area contributed by atoms with E-state index in [-0.39, 0.29) is 0 Å². The van der Waals surface area contributed by atoms with E-state index in [1.54, 1.807) is 11.3 Å². The zero-order chi connectivity index (χ0) is 13.9. The van der Waals surface area contributed by atoms with Crippen LogP contribution in [0.3, 0.4) is 0 Å². The van der Waals surface area contributed by atoms with Gasteiger partial charge in [-0.1, -0.05) is 0 Å². The quantitative estimate of drug-likeness (QED) is 0.925. The van der Waals surface area contributed by atoms with Crippen molar-refractivity contribution in [3.05, 3.63) is 10.6 Å². The maximum atomic E-state index is 5.75. The molecular weight excluding hydrogens is 268 g/mol. The minimum absolute atomic E-state index is 0.620. The molecule has 0 saturated carbocycles. The molecule has 112 valence electrons. The third-order valence-electron chi connectivity index (χ3n) is 4.67. The van der Waals surface area contributed by atoms with Crippen molar-refractivity contribution >= 4 is 16.5 Å². The smallest absolute Gasteiger partial charge is 0.185 e. The van der Waals surface area contributed by atoms with Gasteiger partial charge in [0.2, 0.25) is 0 Å². The molecule has 0 unspecified atom stereocenters. The predicted octanol–water partition coefficient (Wildman–Crippen LogP) is 2.22. The van der Waals surface area contributed by atoms with Crippen LogP contribution in [0.4, 0.5) is 5.13 Å². The first-order chi connectivity index (χ1) is 9.76. The van der Waals surface area contributed by atoms with Crippen molar-refractivity contribution < 1.29 is 0 Å². The van der Waals surface area contributed by atoms with Crippen molar-refractivity contribution in [2.24, 2.45) is 11.7 Å². The summed E-state index contributed by atoms with van der Waals surface area (Å²) in [4.78, 5) is 11.0. The first kappa shape index (κ1) is 14.3. The average Bonchev–Trinajstić information content (AvgIpc) is 3.09. The monoisotopic (exact) mass is 294 g/mol. The van der Waals surface area contributed by atoms with E-state index in [9.17, 15) is 0 Å². The normalized spacial score (nSPS) is 21.8. The van der Waals surface area contributed by atoms with Crippen LogP contribution in [0, 0.1) is 12.8 Å². The van der Waals surface area contributed by atoms with Gasteiger partial charge in [-0.3, -0.25) is 0 Å². The van der Waals surface area contributed by atoms with E-state index < -0.39 is 0 Å². The lowest BCUT2D eigenvalue weighted by Gasteiger charge is -2.33. The number of aryl methyl sites for hydroxylation is 1. The van der Waals surface area contributed by atoms with Crippen LogP contribution in [0.5, 0.6) is 0 Å². The summed E-state index contributed by atoms with van der Waals surface area (Å²) in [7, 11) is 0. The number of nitrogens with two attached hydrogens (primary N) is 1. The molecule has 2 aliphatic rings. The van der Waals surface area contributed by atoms with Crippen molar-refractivity contribution in [2.45, 2.75) is 39.2 Å². The largest absolute Gasteiger partial charge is 0.348 e. The molecule has 0 radical (unpaired) electrons. The van der Waals surface area contributed by atoms with Gasteiger partial charge in [0, 0.05) is 31.1 Å². The van der Waals surface area contributed by atoms with Crippen LogP contribution in [0.25, 0.3) is 0 Å². The highest BCUT2D eigenvalue weighted by molar-refractivity contribution is 7.15. The molecule has 2 fully saturated rings. The maximum absolute atomic E-state index is 5.75. The Morgan fingerprint density at radius 3 is 2.50 bits per heavy atom.